The number of aliphatic hydroxyl groups is 2. The smallest absolute Gasteiger partial charge is 0.407 e. The third-order valence-corrected chi connectivity index (χ3v) is 6.05. The number of rotatable bonds is 6. The number of alkyl carbamates (subject to hydrolysis) is 1. The molecule has 0 radical (unpaired) electrons. The van der Waals surface area contributed by atoms with Crippen molar-refractivity contribution in [1.82, 2.24) is 24.8 Å². The van der Waals surface area contributed by atoms with Gasteiger partial charge >= 0.3 is 6.09 Å². The van der Waals surface area contributed by atoms with E-state index in [0.29, 0.717) is 30.2 Å². The van der Waals surface area contributed by atoms with Gasteiger partial charge in [-0.3, -0.25) is 4.57 Å². The van der Waals surface area contributed by atoms with Gasteiger partial charge in [-0.05, 0) is 25.7 Å². The number of carbonyl (C=O) groups excluding carboxylic acids is 1. The third kappa shape index (κ3) is 4.03. The second-order valence-corrected chi connectivity index (χ2v) is 8.17. The number of aliphatic hydroxyl groups excluding tert-OH is 2. The van der Waals surface area contributed by atoms with E-state index < -0.39 is 30.6 Å². The summed E-state index contributed by atoms with van der Waals surface area (Å²) in [7, 11) is 0. The van der Waals surface area contributed by atoms with Gasteiger partial charge in [0, 0.05) is 12.6 Å². The van der Waals surface area contributed by atoms with Crippen LogP contribution >= 0.6 is 0 Å². The minimum Gasteiger partial charge on any atom is -0.447 e. The molecule has 1 saturated carbocycles. The average molecular weight is 434 g/mol. The number of aromatic nitrogens is 4. The Hall–Kier alpha value is -2.54. The van der Waals surface area contributed by atoms with Gasteiger partial charge in [0.1, 0.15) is 31.2 Å². The average Bonchev–Trinajstić information content (AvgIpc) is 3.45. The van der Waals surface area contributed by atoms with Crippen LogP contribution in [0, 0.1) is 0 Å². The van der Waals surface area contributed by atoms with Crippen molar-refractivity contribution >= 4 is 23.1 Å². The molecule has 2 aromatic heterocycles. The highest BCUT2D eigenvalue weighted by Crippen LogP contribution is 2.32. The van der Waals surface area contributed by atoms with Crippen molar-refractivity contribution in [1.29, 1.82) is 0 Å². The Morgan fingerprint density at radius 2 is 2.06 bits per heavy atom. The van der Waals surface area contributed by atoms with Crippen LogP contribution in [0.3, 0.4) is 0 Å². The predicted octanol–water partition coefficient (Wildman–Crippen LogP) is -0.0750. The van der Waals surface area contributed by atoms with E-state index in [1.54, 1.807) is 4.57 Å². The molecule has 1 aliphatic carbocycles. The predicted molar refractivity (Wildman–Crippen MR) is 106 cm³/mol. The molecule has 3 fully saturated rings. The van der Waals surface area contributed by atoms with Crippen LogP contribution in [0.25, 0.3) is 11.2 Å². The summed E-state index contributed by atoms with van der Waals surface area (Å²) in [6, 6.07) is 0.293. The number of nitrogens with one attached hydrogen (secondary N) is 2. The summed E-state index contributed by atoms with van der Waals surface area (Å²) in [6.45, 7) is 1.12. The molecule has 2 aliphatic heterocycles. The van der Waals surface area contributed by atoms with Crippen molar-refractivity contribution in [2.75, 3.05) is 25.1 Å². The molecule has 12 heteroatoms. The number of nitrogens with zero attached hydrogens (tertiary/aromatic N) is 4. The molecule has 0 spiro atoms. The molecule has 0 aromatic carbocycles. The first kappa shape index (κ1) is 20.4. The minimum absolute atomic E-state index is 0.144. The lowest BCUT2D eigenvalue weighted by Gasteiger charge is -2.26. The zero-order valence-corrected chi connectivity index (χ0v) is 16.9. The van der Waals surface area contributed by atoms with Crippen molar-refractivity contribution in [2.45, 2.75) is 62.3 Å². The number of fused-ring (bicyclic) bond motifs is 1. The summed E-state index contributed by atoms with van der Waals surface area (Å²) in [4.78, 5) is 24.8. The summed E-state index contributed by atoms with van der Waals surface area (Å²) in [5.41, 5.74) is 0.983. The quantitative estimate of drug-likeness (QED) is 0.486. The summed E-state index contributed by atoms with van der Waals surface area (Å²) >= 11 is 0. The first-order chi connectivity index (χ1) is 15.1. The fourth-order valence-corrected chi connectivity index (χ4v) is 4.00. The van der Waals surface area contributed by atoms with Crippen LogP contribution in [0.5, 0.6) is 0 Å². The van der Waals surface area contributed by atoms with E-state index in [1.165, 1.54) is 12.7 Å². The van der Waals surface area contributed by atoms with Gasteiger partial charge in [0.2, 0.25) is 0 Å². The van der Waals surface area contributed by atoms with Crippen molar-refractivity contribution in [3.05, 3.63) is 12.7 Å². The van der Waals surface area contributed by atoms with Crippen molar-refractivity contribution in [2.24, 2.45) is 0 Å². The van der Waals surface area contributed by atoms with E-state index in [0.717, 1.165) is 25.7 Å². The Balaban J connectivity index is 1.27. The van der Waals surface area contributed by atoms with Crippen LogP contribution in [0.1, 0.15) is 31.9 Å². The number of ether oxygens (including phenoxy) is 3. The van der Waals surface area contributed by atoms with Gasteiger partial charge in [-0.15, -0.1) is 0 Å². The van der Waals surface area contributed by atoms with Crippen LogP contribution in [0.4, 0.5) is 10.6 Å². The molecular weight excluding hydrogens is 408 g/mol. The fourth-order valence-electron chi connectivity index (χ4n) is 4.00. The van der Waals surface area contributed by atoms with Crippen molar-refractivity contribution in [3.8, 4) is 0 Å². The van der Waals surface area contributed by atoms with E-state index in [9.17, 15) is 15.0 Å². The van der Waals surface area contributed by atoms with E-state index in [2.05, 4.69) is 25.6 Å². The molecule has 2 saturated heterocycles. The summed E-state index contributed by atoms with van der Waals surface area (Å²) < 4.78 is 17.9. The number of amides is 1. The Bertz CT molecular complexity index is 930. The second kappa shape index (κ2) is 8.54. The van der Waals surface area contributed by atoms with Gasteiger partial charge < -0.3 is 35.1 Å². The first-order valence-electron chi connectivity index (χ1n) is 10.6. The highest BCUT2D eigenvalue weighted by atomic mass is 16.6. The second-order valence-electron chi connectivity index (χ2n) is 8.17. The maximum absolute atomic E-state index is 11.9. The molecule has 0 bridgehead atoms. The zero-order chi connectivity index (χ0) is 21.4. The van der Waals surface area contributed by atoms with Gasteiger partial charge in [0.25, 0.3) is 0 Å². The third-order valence-electron chi connectivity index (χ3n) is 6.05. The van der Waals surface area contributed by atoms with Gasteiger partial charge in [-0.2, -0.15) is 0 Å². The SMILES string of the molecule is O=C(NC1CCC1)OC[C@H]1OC(n2cnc3c(NC4CCOC4)ncnc32)[C@H](O)[C@@H]1O. The van der Waals surface area contributed by atoms with Gasteiger partial charge in [-0.1, -0.05) is 0 Å². The first-order valence-corrected chi connectivity index (χ1v) is 10.6. The zero-order valence-electron chi connectivity index (χ0n) is 16.9. The molecule has 12 nitrogen and oxygen atoms in total. The monoisotopic (exact) mass is 434 g/mol. The Morgan fingerprint density at radius 1 is 1.19 bits per heavy atom. The number of hydrogen-bond acceptors (Lipinski definition) is 10. The molecule has 4 N–H and O–H groups in total. The molecule has 2 aromatic rings. The lowest BCUT2D eigenvalue weighted by Crippen LogP contribution is -2.41. The topological polar surface area (TPSA) is 153 Å². The Labute approximate surface area is 177 Å². The van der Waals surface area contributed by atoms with Crippen LogP contribution in [0.15, 0.2) is 12.7 Å². The highest BCUT2D eigenvalue weighted by Gasteiger charge is 2.45. The van der Waals surface area contributed by atoms with Crippen LogP contribution in [0.2, 0.25) is 0 Å². The normalized spacial score (nSPS) is 31.0. The fraction of sp³-hybridized carbons (Fsp3) is 0.684. The van der Waals surface area contributed by atoms with Crippen molar-refractivity contribution in [3.63, 3.8) is 0 Å². The minimum atomic E-state index is -1.24. The molecule has 1 amide bonds. The molecule has 3 aliphatic rings. The number of anilines is 1. The molecule has 5 rings (SSSR count). The lowest BCUT2D eigenvalue weighted by molar-refractivity contribution is -0.0536. The van der Waals surface area contributed by atoms with E-state index >= 15 is 0 Å². The van der Waals surface area contributed by atoms with Gasteiger partial charge in [-0.25, -0.2) is 19.7 Å². The molecule has 4 heterocycles. The summed E-state index contributed by atoms with van der Waals surface area (Å²) in [5.74, 6) is 0.569. The Kier molecular flexibility index (Phi) is 5.61. The maximum Gasteiger partial charge on any atom is 0.407 e. The molecule has 2 unspecified atom stereocenters. The molecule has 5 atom stereocenters. The standard InChI is InChI=1S/C19H26N6O6/c26-14-12(7-30-19(28)24-10-2-1-3-10)31-18(15(14)27)25-9-22-13-16(20-8-21-17(13)25)23-11-4-5-29-6-11/h8-12,14-15,18,26-27H,1-7H2,(H,24,28)(H,20,21,23)/t11?,12-,14-,15-,18?/m1/s1. The van der Waals surface area contributed by atoms with Crippen LogP contribution < -0.4 is 10.6 Å². The molecular formula is C19H26N6O6. The van der Waals surface area contributed by atoms with E-state index in [1.807, 2.05) is 0 Å². The largest absolute Gasteiger partial charge is 0.447 e. The number of hydrogen-bond donors (Lipinski definition) is 4. The Morgan fingerprint density at radius 3 is 2.81 bits per heavy atom. The van der Waals surface area contributed by atoms with Gasteiger partial charge in [0.15, 0.2) is 23.2 Å². The molecule has 168 valence electrons. The van der Waals surface area contributed by atoms with Crippen molar-refractivity contribution < 1.29 is 29.2 Å². The van der Waals surface area contributed by atoms with E-state index in [-0.39, 0.29) is 18.7 Å². The van der Waals surface area contributed by atoms with E-state index in [4.69, 9.17) is 14.2 Å². The number of carbonyl (C=O) groups is 1. The van der Waals surface area contributed by atoms with Gasteiger partial charge in [0.05, 0.1) is 19.0 Å². The van der Waals surface area contributed by atoms with Crippen LogP contribution in [-0.4, -0.2) is 86.0 Å². The maximum atomic E-state index is 11.9. The summed E-state index contributed by atoms with van der Waals surface area (Å²) in [5, 5.41) is 27.0. The lowest BCUT2D eigenvalue weighted by atomic mass is 9.93. The number of imidazole rings is 1. The summed E-state index contributed by atoms with van der Waals surface area (Å²) in [6.07, 6.45) is 1.92. The van der Waals surface area contributed by atoms with Crippen LogP contribution in [-0.2, 0) is 14.2 Å². The highest BCUT2D eigenvalue weighted by molar-refractivity contribution is 5.82. The molecule has 31 heavy (non-hydrogen) atoms.